The van der Waals surface area contributed by atoms with Gasteiger partial charge in [0.15, 0.2) is 0 Å². The molecule has 5 rings (SSSR count). The number of fused-ring (bicyclic) bond motifs is 1. The minimum atomic E-state index is -0.159. The summed E-state index contributed by atoms with van der Waals surface area (Å²) in [5.74, 6) is 0.658. The van der Waals surface area contributed by atoms with Crippen LogP contribution >= 0.6 is 11.6 Å². The minimum Gasteiger partial charge on any atom is -0.492 e. The molecule has 4 aromatic carbocycles. The number of benzene rings is 4. The van der Waals surface area contributed by atoms with Crippen molar-refractivity contribution in [3.05, 3.63) is 95.0 Å². The summed E-state index contributed by atoms with van der Waals surface area (Å²) in [6, 6.07) is 25.4. The third-order valence-corrected chi connectivity index (χ3v) is 6.94. The maximum absolute atomic E-state index is 13.2. The molecule has 5 nitrogen and oxygen atoms in total. The average molecular weight is 501 g/mol. The smallest absolute Gasteiger partial charge is 0.255 e. The van der Waals surface area contributed by atoms with E-state index in [-0.39, 0.29) is 5.91 Å². The van der Waals surface area contributed by atoms with Crippen molar-refractivity contribution in [2.45, 2.75) is 6.92 Å². The van der Waals surface area contributed by atoms with Crippen LogP contribution in [0.25, 0.3) is 21.9 Å². The second-order valence-corrected chi connectivity index (χ2v) is 9.37. The van der Waals surface area contributed by atoms with Crippen molar-refractivity contribution in [2.24, 2.45) is 0 Å². The molecule has 0 unspecified atom stereocenters. The standard InChI is InChI=1S/C30H29ClN2O3/c1-21-19-23(9-10-27(21)31)22-5-4-6-24(20-22)30(34)32-28-11-12-29(26-8-3-2-7-25(26)28)36-18-15-33-13-16-35-17-14-33/h2-12,19-20H,13-18H2,1H3,(H,32,34). The molecule has 0 spiro atoms. The van der Waals surface area contributed by atoms with Gasteiger partial charge < -0.3 is 14.8 Å². The van der Waals surface area contributed by atoms with E-state index in [1.807, 2.05) is 85.8 Å². The number of anilines is 1. The Kier molecular flexibility index (Phi) is 7.52. The number of ether oxygens (including phenoxy) is 2. The monoisotopic (exact) mass is 500 g/mol. The van der Waals surface area contributed by atoms with Crippen LogP contribution in [0.4, 0.5) is 5.69 Å². The van der Waals surface area contributed by atoms with E-state index in [4.69, 9.17) is 21.1 Å². The fraction of sp³-hybridized carbons (Fsp3) is 0.233. The van der Waals surface area contributed by atoms with Gasteiger partial charge in [-0.1, -0.05) is 54.1 Å². The van der Waals surface area contributed by atoms with Crippen molar-refractivity contribution >= 4 is 34.0 Å². The summed E-state index contributed by atoms with van der Waals surface area (Å²) in [5.41, 5.74) is 4.34. The maximum Gasteiger partial charge on any atom is 0.255 e. The van der Waals surface area contributed by atoms with Crippen LogP contribution in [0.2, 0.25) is 5.02 Å². The SMILES string of the molecule is Cc1cc(-c2cccc(C(=O)Nc3ccc(OCCN4CCOCC4)c4ccccc34)c2)ccc1Cl. The molecule has 0 radical (unpaired) electrons. The molecular formula is C30H29ClN2O3. The van der Waals surface area contributed by atoms with Gasteiger partial charge in [0.25, 0.3) is 5.91 Å². The largest absolute Gasteiger partial charge is 0.492 e. The number of hydrogen-bond donors (Lipinski definition) is 1. The first-order valence-electron chi connectivity index (χ1n) is 12.2. The normalized spacial score (nSPS) is 14.1. The van der Waals surface area contributed by atoms with E-state index in [9.17, 15) is 4.79 Å². The molecule has 1 aliphatic heterocycles. The van der Waals surface area contributed by atoms with Gasteiger partial charge in [-0.05, 0) is 60.0 Å². The summed E-state index contributed by atoms with van der Waals surface area (Å²) in [6.07, 6.45) is 0. The Bertz CT molecular complexity index is 1380. The molecule has 6 heteroatoms. The Balaban J connectivity index is 1.33. The molecule has 1 amide bonds. The van der Waals surface area contributed by atoms with Gasteiger partial charge in [-0.25, -0.2) is 0 Å². The molecule has 4 aromatic rings. The van der Waals surface area contributed by atoms with Gasteiger partial charge in [0.05, 0.1) is 13.2 Å². The van der Waals surface area contributed by atoms with Gasteiger partial charge in [-0.2, -0.15) is 0 Å². The first-order valence-corrected chi connectivity index (χ1v) is 12.6. The lowest BCUT2D eigenvalue weighted by Crippen LogP contribution is -2.38. The van der Waals surface area contributed by atoms with E-state index in [2.05, 4.69) is 10.2 Å². The molecule has 36 heavy (non-hydrogen) atoms. The maximum atomic E-state index is 13.2. The third-order valence-electron chi connectivity index (χ3n) is 6.52. The van der Waals surface area contributed by atoms with E-state index in [0.717, 1.165) is 76.8 Å². The fourth-order valence-corrected chi connectivity index (χ4v) is 4.59. The van der Waals surface area contributed by atoms with Crippen molar-refractivity contribution in [3.63, 3.8) is 0 Å². The Morgan fingerprint density at radius 2 is 1.72 bits per heavy atom. The number of morpholine rings is 1. The Hall–Kier alpha value is -3.38. The van der Waals surface area contributed by atoms with Crippen molar-refractivity contribution in [1.29, 1.82) is 0 Å². The van der Waals surface area contributed by atoms with E-state index >= 15 is 0 Å². The first kappa shape index (κ1) is 24.3. The molecule has 1 saturated heterocycles. The molecule has 0 atom stereocenters. The Morgan fingerprint density at radius 1 is 0.944 bits per heavy atom. The number of hydrogen-bond acceptors (Lipinski definition) is 4. The van der Waals surface area contributed by atoms with Gasteiger partial charge in [-0.15, -0.1) is 0 Å². The topological polar surface area (TPSA) is 50.8 Å². The lowest BCUT2D eigenvalue weighted by molar-refractivity contribution is 0.0323. The molecule has 1 aliphatic rings. The van der Waals surface area contributed by atoms with Crippen LogP contribution in [-0.4, -0.2) is 50.3 Å². The predicted molar refractivity (Wildman–Crippen MR) is 146 cm³/mol. The van der Waals surface area contributed by atoms with Crippen LogP contribution in [-0.2, 0) is 4.74 Å². The van der Waals surface area contributed by atoms with Crippen LogP contribution in [0, 0.1) is 6.92 Å². The number of carbonyl (C=O) groups is 1. The van der Waals surface area contributed by atoms with Crippen molar-refractivity contribution < 1.29 is 14.3 Å². The first-order chi connectivity index (χ1) is 17.6. The van der Waals surface area contributed by atoms with Crippen LogP contribution in [0.1, 0.15) is 15.9 Å². The molecule has 184 valence electrons. The molecule has 0 saturated carbocycles. The highest BCUT2D eigenvalue weighted by Gasteiger charge is 2.14. The van der Waals surface area contributed by atoms with E-state index in [1.54, 1.807) is 0 Å². The molecule has 0 aromatic heterocycles. The quantitative estimate of drug-likeness (QED) is 0.317. The van der Waals surface area contributed by atoms with E-state index in [0.29, 0.717) is 12.2 Å². The van der Waals surface area contributed by atoms with Crippen molar-refractivity contribution in [3.8, 4) is 16.9 Å². The number of nitrogens with one attached hydrogen (secondary N) is 1. The molecule has 1 N–H and O–H groups in total. The van der Waals surface area contributed by atoms with Gasteiger partial charge in [0, 0.05) is 46.7 Å². The average Bonchev–Trinajstić information content (AvgIpc) is 2.92. The van der Waals surface area contributed by atoms with E-state index < -0.39 is 0 Å². The number of rotatable bonds is 7. The highest BCUT2D eigenvalue weighted by molar-refractivity contribution is 6.31. The Morgan fingerprint density at radius 3 is 2.53 bits per heavy atom. The summed E-state index contributed by atoms with van der Waals surface area (Å²) in [7, 11) is 0. The molecule has 0 bridgehead atoms. The van der Waals surface area contributed by atoms with Crippen LogP contribution in [0.15, 0.2) is 78.9 Å². The summed E-state index contributed by atoms with van der Waals surface area (Å²) in [4.78, 5) is 15.6. The number of carbonyl (C=O) groups excluding carboxylic acids is 1. The van der Waals surface area contributed by atoms with Crippen molar-refractivity contribution in [2.75, 3.05) is 44.8 Å². The molecular weight excluding hydrogens is 472 g/mol. The van der Waals surface area contributed by atoms with Gasteiger partial charge in [-0.3, -0.25) is 9.69 Å². The molecule has 1 fully saturated rings. The van der Waals surface area contributed by atoms with Crippen LogP contribution in [0.5, 0.6) is 5.75 Å². The second-order valence-electron chi connectivity index (χ2n) is 8.96. The summed E-state index contributed by atoms with van der Waals surface area (Å²) in [6.45, 7) is 6.87. The lowest BCUT2D eigenvalue weighted by atomic mass is 10.0. The van der Waals surface area contributed by atoms with Crippen LogP contribution in [0.3, 0.4) is 0 Å². The zero-order valence-electron chi connectivity index (χ0n) is 20.3. The molecule has 0 aliphatic carbocycles. The molecule has 1 heterocycles. The number of aryl methyl sites for hydroxylation is 1. The zero-order valence-corrected chi connectivity index (χ0v) is 21.1. The highest BCUT2D eigenvalue weighted by atomic mass is 35.5. The lowest BCUT2D eigenvalue weighted by Gasteiger charge is -2.26. The number of amides is 1. The third kappa shape index (κ3) is 5.54. The number of halogens is 1. The van der Waals surface area contributed by atoms with Gasteiger partial charge in [0.1, 0.15) is 12.4 Å². The summed E-state index contributed by atoms with van der Waals surface area (Å²) in [5, 5.41) is 5.75. The van der Waals surface area contributed by atoms with Gasteiger partial charge in [0.2, 0.25) is 0 Å². The highest BCUT2D eigenvalue weighted by Crippen LogP contribution is 2.32. The van der Waals surface area contributed by atoms with Gasteiger partial charge >= 0.3 is 0 Å². The fourth-order valence-electron chi connectivity index (χ4n) is 4.47. The van der Waals surface area contributed by atoms with Crippen LogP contribution < -0.4 is 10.1 Å². The second kappa shape index (κ2) is 11.1. The summed E-state index contributed by atoms with van der Waals surface area (Å²) < 4.78 is 11.6. The predicted octanol–water partition coefficient (Wildman–Crippen LogP) is 6.43. The minimum absolute atomic E-state index is 0.159. The number of nitrogens with zero attached hydrogens (tertiary/aromatic N) is 1. The van der Waals surface area contributed by atoms with Crippen molar-refractivity contribution in [1.82, 2.24) is 4.90 Å². The summed E-state index contributed by atoms with van der Waals surface area (Å²) >= 11 is 6.18. The Labute approximate surface area is 216 Å². The zero-order chi connectivity index (χ0) is 24.9. The van der Waals surface area contributed by atoms with E-state index in [1.165, 1.54) is 0 Å².